The van der Waals surface area contributed by atoms with Gasteiger partial charge < -0.3 is 13.4 Å². The zero-order valence-electron chi connectivity index (χ0n) is 32.0. The highest BCUT2D eigenvalue weighted by molar-refractivity contribution is 4.52. The van der Waals surface area contributed by atoms with E-state index >= 15 is 0 Å². The Morgan fingerprint density at radius 1 is 0.233 bits per heavy atom. The molecule has 0 saturated heterocycles. The number of hydrogen-bond donors (Lipinski definition) is 0. The molecule has 0 aromatic rings. The van der Waals surface area contributed by atoms with Crippen molar-refractivity contribution in [3.8, 4) is 0 Å². The van der Waals surface area contributed by atoms with Crippen molar-refractivity contribution < 1.29 is 13.4 Å². The van der Waals surface area contributed by atoms with Gasteiger partial charge in [-0.3, -0.25) is 0 Å². The van der Waals surface area contributed by atoms with E-state index in [1.54, 1.807) is 0 Å². The van der Waals surface area contributed by atoms with Crippen LogP contribution in [0.1, 0.15) is 181 Å². The molecule has 0 aliphatic heterocycles. The fraction of sp³-hybridized carbons (Fsp3) is 1.00. The molecule has 0 heterocycles. The first-order chi connectivity index (χ1) is 20.6. The van der Waals surface area contributed by atoms with Gasteiger partial charge in [0.1, 0.15) is 0 Å². The summed E-state index contributed by atoms with van der Waals surface area (Å²) in [5, 5.41) is 0. The monoisotopic (exact) mass is 611 g/mol. The highest BCUT2D eigenvalue weighted by Crippen LogP contribution is 2.17. The molecule has 0 bridgehead atoms. The number of quaternary nitrogens is 3. The van der Waals surface area contributed by atoms with Crippen LogP contribution < -0.4 is 0 Å². The van der Waals surface area contributed by atoms with E-state index in [-0.39, 0.29) is 0 Å². The van der Waals surface area contributed by atoms with E-state index < -0.39 is 0 Å². The van der Waals surface area contributed by atoms with Gasteiger partial charge in [-0.2, -0.15) is 0 Å². The molecule has 3 heteroatoms. The molecule has 0 aliphatic rings. The molecule has 0 unspecified atom stereocenters. The molecule has 0 amide bonds. The second kappa shape index (κ2) is 28.1. The highest BCUT2D eigenvalue weighted by Gasteiger charge is 2.25. The normalized spacial score (nSPS) is 12.8. The molecular formula is C40H88N3+3. The SMILES string of the molecule is CCCCCCCCCCCCC[N+](C)(CCC[N+](C)(C)CCCCCCCC)CCC[N+](C)(C)CCCCCCCC. The van der Waals surface area contributed by atoms with Crippen LogP contribution in [0.25, 0.3) is 0 Å². The molecule has 3 nitrogen and oxygen atoms in total. The zero-order valence-corrected chi connectivity index (χ0v) is 32.0. The molecule has 260 valence electrons. The van der Waals surface area contributed by atoms with Crippen molar-refractivity contribution in [2.75, 3.05) is 81.1 Å². The molecule has 0 aromatic carbocycles. The van der Waals surface area contributed by atoms with Crippen molar-refractivity contribution in [1.82, 2.24) is 0 Å². The Kier molecular flexibility index (Phi) is 28.1. The molecule has 0 rings (SSSR count). The summed E-state index contributed by atoms with van der Waals surface area (Å²) in [6, 6.07) is 0. The van der Waals surface area contributed by atoms with E-state index in [0.717, 1.165) is 0 Å². The predicted molar refractivity (Wildman–Crippen MR) is 197 cm³/mol. The van der Waals surface area contributed by atoms with E-state index in [9.17, 15) is 0 Å². The number of nitrogens with zero attached hydrogens (tertiary/aromatic N) is 3. The van der Waals surface area contributed by atoms with E-state index in [1.165, 1.54) is 220 Å². The molecule has 43 heavy (non-hydrogen) atoms. The smallest absolute Gasteiger partial charge is 0.0839 e. The zero-order chi connectivity index (χ0) is 32.1. The quantitative estimate of drug-likeness (QED) is 0.0502. The molecule has 0 radical (unpaired) electrons. The first kappa shape index (κ1) is 42.9. The maximum atomic E-state index is 2.61. The minimum atomic E-state index is 1.22. The second-order valence-corrected chi connectivity index (χ2v) is 16.3. The highest BCUT2D eigenvalue weighted by atomic mass is 15.4. The molecule has 0 spiro atoms. The standard InChI is InChI=1S/C40H88N3/c1-9-12-15-18-21-22-23-24-25-28-31-38-43(8,39-32-36-41(4,5)34-29-26-19-16-13-10-2)40-33-37-42(6,7)35-30-27-20-17-14-11-3/h9-40H2,1-8H3/q+3. The first-order valence-electron chi connectivity index (χ1n) is 20.1. The Hall–Kier alpha value is -0.120. The van der Waals surface area contributed by atoms with Gasteiger partial charge in [-0.05, 0) is 38.5 Å². The second-order valence-electron chi connectivity index (χ2n) is 16.3. The van der Waals surface area contributed by atoms with E-state index in [1.807, 2.05) is 0 Å². The topological polar surface area (TPSA) is 0 Å². The summed E-state index contributed by atoms with van der Waals surface area (Å²) in [5.74, 6) is 0. The Morgan fingerprint density at radius 2 is 0.442 bits per heavy atom. The lowest BCUT2D eigenvalue weighted by atomic mass is 10.1. The van der Waals surface area contributed by atoms with Gasteiger partial charge >= 0.3 is 0 Å². The van der Waals surface area contributed by atoms with E-state index in [0.29, 0.717) is 0 Å². The Balaban J connectivity index is 4.58. The average molecular weight is 611 g/mol. The fourth-order valence-corrected chi connectivity index (χ4v) is 7.12. The summed E-state index contributed by atoms with van der Waals surface area (Å²) in [5.41, 5.74) is 0. The van der Waals surface area contributed by atoms with Crippen molar-refractivity contribution in [3.63, 3.8) is 0 Å². The van der Waals surface area contributed by atoms with Crippen LogP contribution in [0.2, 0.25) is 0 Å². The van der Waals surface area contributed by atoms with E-state index in [4.69, 9.17) is 0 Å². The maximum absolute atomic E-state index is 2.61. The van der Waals surface area contributed by atoms with Crippen LogP contribution in [0.5, 0.6) is 0 Å². The molecule has 0 fully saturated rings. The number of rotatable bonds is 34. The van der Waals surface area contributed by atoms with Crippen LogP contribution in [0.15, 0.2) is 0 Å². The van der Waals surface area contributed by atoms with Gasteiger partial charge in [0, 0.05) is 12.8 Å². The van der Waals surface area contributed by atoms with E-state index in [2.05, 4.69) is 56.0 Å². The Bertz CT molecular complexity index is 536. The first-order valence-corrected chi connectivity index (χ1v) is 20.1. The summed E-state index contributed by atoms with van der Waals surface area (Å²) in [4.78, 5) is 0. The lowest BCUT2D eigenvalue weighted by Crippen LogP contribution is -2.50. The summed E-state index contributed by atoms with van der Waals surface area (Å²) in [6.45, 7) is 16.5. The lowest BCUT2D eigenvalue weighted by Gasteiger charge is -2.38. The third-order valence-corrected chi connectivity index (χ3v) is 10.5. The van der Waals surface area contributed by atoms with Crippen LogP contribution >= 0.6 is 0 Å². The summed E-state index contributed by atoms with van der Waals surface area (Å²) in [6.07, 6.45) is 35.7. The van der Waals surface area contributed by atoms with Gasteiger partial charge in [0.25, 0.3) is 0 Å². The number of hydrogen-bond acceptors (Lipinski definition) is 0. The largest absolute Gasteiger partial charge is 0.328 e. The third-order valence-electron chi connectivity index (χ3n) is 10.5. The fourth-order valence-electron chi connectivity index (χ4n) is 7.12. The number of unbranched alkanes of at least 4 members (excludes halogenated alkanes) is 20. The van der Waals surface area contributed by atoms with Crippen LogP contribution in [-0.4, -0.2) is 94.5 Å². The minimum Gasteiger partial charge on any atom is -0.328 e. The minimum absolute atomic E-state index is 1.22. The van der Waals surface area contributed by atoms with Crippen LogP contribution in [-0.2, 0) is 0 Å². The maximum Gasteiger partial charge on any atom is 0.0839 e. The molecular weight excluding hydrogens is 522 g/mol. The third kappa shape index (κ3) is 29.1. The lowest BCUT2D eigenvalue weighted by molar-refractivity contribution is -0.928. The van der Waals surface area contributed by atoms with Crippen LogP contribution in [0.3, 0.4) is 0 Å². The molecule has 0 N–H and O–H groups in total. The summed E-state index contributed by atoms with van der Waals surface area (Å²) < 4.78 is 3.74. The van der Waals surface area contributed by atoms with Crippen LogP contribution in [0, 0.1) is 0 Å². The Morgan fingerprint density at radius 3 is 0.744 bits per heavy atom. The molecule has 0 atom stereocenters. The van der Waals surface area contributed by atoms with Gasteiger partial charge in [0.15, 0.2) is 0 Å². The molecule has 0 aromatic heterocycles. The van der Waals surface area contributed by atoms with Crippen molar-refractivity contribution in [2.24, 2.45) is 0 Å². The van der Waals surface area contributed by atoms with Crippen molar-refractivity contribution in [2.45, 2.75) is 181 Å². The molecule has 0 saturated carbocycles. The van der Waals surface area contributed by atoms with Gasteiger partial charge in [-0.1, -0.05) is 130 Å². The summed E-state index contributed by atoms with van der Waals surface area (Å²) >= 11 is 0. The van der Waals surface area contributed by atoms with Crippen LogP contribution in [0.4, 0.5) is 0 Å². The summed E-state index contributed by atoms with van der Waals surface area (Å²) in [7, 11) is 12.6. The predicted octanol–water partition coefficient (Wildman–Crippen LogP) is 11.4. The van der Waals surface area contributed by atoms with Crippen molar-refractivity contribution >= 4 is 0 Å². The molecule has 0 aliphatic carbocycles. The Labute approximate surface area is 275 Å². The van der Waals surface area contributed by atoms with Crippen molar-refractivity contribution in [3.05, 3.63) is 0 Å². The van der Waals surface area contributed by atoms with Crippen molar-refractivity contribution in [1.29, 1.82) is 0 Å². The van der Waals surface area contributed by atoms with Gasteiger partial charge in [-0.25, -0.2) is 0 Å². The van der Waals surface area contributed by atoms with Gasteiger partial charge in [0.05, 0.1) is 81.1 Å². The van der Waals surface area contributed by atoms with Gasteiger partial charge in [0.2, 0.25) is 0 Å². The average Bonchev–Trinajstić information content (AvgIpc) is 2.95. The van der Waals surface area contributed by atoms with Gasteiger partial charge in [-0.15, -0.1) is 0 Å².